The van der Waals surface area contributed by atoms with Gasteiger partial charge < -0.3 is 19.6 Å². The molecule has 1 N–H and O–H groups in total. The van der Waals surface area contributed by atoms with Crippen molar-refractivity contribution < 1.29 is 24.2 Å². The molecule has 2 fully saturated rings. The van der Waals surface area contributed by atoms with E-state index in [0.29, 0.717) is 32.7 Å². The van der Waals surface area contributed by atoms with E-state index in [2.05, 4.69) is 25.2 Å². The Morgan fingerprint density at radius 3 is 2.69 bits per heavy atom. The van der Waals surface area contributed by atoms with Gasteiger partial charge >= 0.3 is 5.97 Å². The molecule has 4 aliphatic heterocycles. The highest BCUT2D eigenvalue weighted by Gasteiger charge is 2.70. The number of unbranched alkanes of at least 4 members (excludes halogenated alkanes) is 4. The minimum Gasteiger partial charge on any atom is -0.465 e. The van der Waals surface area contributed by atoms with Gasteiger partial charge in [-0.3, -0.25) is 14.4 Å². The molecule has 7 nitrogen and oxygen atoms in total. The third-order valence-corrected chi connectivity index (χ3v) is 9.52. The lowest BCUT2D eigenvalue weighted by Crippen LogP contribution is -2.53. The van der Waals surface area contributed by atoms with Crippen molar-refractivity contribution in [3.8, 4) is 0 Å². The fourth-order valence-electron chi connectivity index (χ4n) is 6.03. The standard InChI is InChI=1S/C27H40N2O5S/c1-2-3-8-15-28-16-12-14-27-22(21-20(35-27)13-7-4-5-11-19-34-26(21)33)24(31)29(23(27)25(28)32)17-9-6-10-18-30/h7,12-14,20-23,30H,2-6,8-11,15-19H2,1H3/b13-7-/t20-,21+,22+,23?,27+/m1/s1. The average Bonchev–Trinajstić information content (AvgIpc) is 3.23. The second kappa shape index (κ2) is 12.0. The minimum atomic E-state index is -0.766. The number of ether oxygens (including phenoxy) is 1. The van der Waals surface area contributed by atoms with Crippen LogP contribution < -0.4 is 0 Å². The Kier molecular flexibility index (Phi) is 8.97. The molecule has 0 saturated carbocycles. The maximum absolute atomic E-state index is 14.0. The molecule has 2 saturated heterocycles. The smallest absolute Gasteiger partial charge is 0.311 e. The highest BCUT2D eigenvalue weighted by atomic mass is 32.2. The molecule has 0 bridgehead atoms. The normalized spacial score (nSPS) is 33.7. The van der Waals surface area contributed by atoms with E-state index in [0.717, 1.165) is 51.4 Å². The van der Waals surface area contributed by atoms with Gasteiger partial charge in [0.2, 0.25) is 11.8 Å². The van der Waals surface area contributed by atoms with Crippen LogP contribution in [0.1, 0.15) is 64.7 Å². The first kappa shape index (κ1) is 26.3. The summed E-state index contributed by atoms with van der Waals surface area (Å²) in [4.78, 5) is 45.0. The van der Waals surface area contributed by atoms with Crippen molar-refractivity contribution in [1.82, 2.24) is 9.80 Å². The van der Waals surface area contributed by atoms with Gasteiger partial charge in [0.15, 0.2) is 0 Å². The van der Waals surface area contributed by atoms with E-state index in [9.17, 15) is 19.5 Å². The van der Waals surface area contributed by atoms with Crippen LogP contribution in [0, 0.1) is 11.8 Å². The Balaban J connectivity index is 1.69. The highest BCUT2D eigenvalue weighted by molar-refractivity contribution is 8.02. The zero-order valence-electron chi connectivity index (χ0n) is 20.9. The number of aliphatic hydroxyl groups is 1. The zero-order chi connectivity index (χ0) is 24.8. The number of carbonyl (C=O) groups is 3. The number of carbonyl (C=O) groups excluding carboxylic acids is 3. The third-order valence-electron chi connectivity index (χ3n) is 7.77. The van der Waals surface area contributed by atoms with Gasteiger partial charge in [-0.05, 0) is 44.9 Å². The topological polar surface area (TPSA) is 87.2 Å². The van der Waals surface area contributed by atoms with Crippen molar-refractivity contribution in [3.05, 3.63) is 24.3 Å². The molecule has 1 spiro atoms. The van der Waals surface area contributed by atoms with Crippen LogP contribution >= 0.6 is 11.8 Å². The Bertz CT molecular complexity index is 845. The number of allylic oxidation sites excluding steroid dienone is 1. The van der Waals surface area contributed by atoms with Crippen LogP contribution in [0.15, 0.2) is 24.3 Å². The maximum Gasteiger partial charge on any atom is 0.311 e. The molecule has 8 heteroatoms. The molecule has 4 heterocycles. The van der Waals surface area contributed by atoms with E-state index in [4.69, 9.17) is 4.74 Å². The summed E-state index contributed by atoms with van der Waals surface area (Å²) in [5.74, 6) is -1.61. The monoisotopic (exact) mass is 504 g/mol. The van der Waals surface area contributed by atoms with Crippen molar-refractivity contribution >= 4 is 29.5 Å². The molecule has 194 valence electrons. The predicted octanol–water partition coefficient (Wildman–Crippen LogP) is 3.32. The Labute approximate surface area is 213 Å². The Morgan fingerprint density at radius 2 is 1.89 bits per heavy atom. The largest absolute Gasteiger partial charge is 0.465 e. The van der Waals surface area contributed by atoms with E-state index >= 15 is 0 Å². The molecule has 1 unspecified atom stereocenters. The fourth-order valence-corrected chi connectivity index (χ4v) is 8.03. The number of hydrogen-bond acceptors (Lipinski definition) is 6. The second-order valence-corrected chi connectivity index (χ2v) is 11.6. The van der Waals surface area contributed by atoms with Crippen LogP contribution in [0.2, 0.25) is 0 Å². The molecule has 4 aliphatic rings. The number of cyclic esters (lactones) is 1. The van der Waals surface area contributed by atoms with E-state index in [1.807, 2.05) is 11.0 Å². The lowest BCUT2D eigenvalue weighted by molar-refractivity contribution is -0.153. The van der Waals surface area contributed by atoms with Crippen molar-refractivity contribution in [3.63, 3.8) is 0 Å². The van der Waals surface area contributed by atoms with Crippen molar-refractivity contribution in [2.24, 2.45) is 11.8 Å². The van der Waals surface area contributed by atoms with Gasteiger partial charge in [0.05, 0.1) is 23.2 Å². The first-order chi connectivity index (χ1) is 17.0. The van der Waals surface area contributed by atoms with Crippen LogP contribution in [0.25, 0.3) is 0 Å². The summed E-state index contributed by atoms with van der Waals surface area (Å²) < 4.78 is 4.89. The summed E-state index contributed by atoms with van der Waals surface area (Å²) in [5, 5.41) is 9.00. The number of esters is 1. The zero-order valence-corrected chi connectivity index (χ0v) is 21.7. The van der Waals surface area contributed by atoms with Crippen LogP contribution in [0.5, 0.6) is 0 Å². The molecule has 0 aromatic carbocycles. The number of hydrogen-bond donors (Lipinski definition) is 1. The lowest BCUT2D eigenvalue weighted by Gasteiger charge is -2.35. The summed E-state index contributed by atoms with van der Waals surface area (Å²) >= 11 is 1.61. The molecule has 0 aromatic heterocycles. The van der Waals surface area contributed by atoms with Gasteiger partial charge in [-0.25, -0.2) is 0 Å². The van der Waals surface area contributed by atoms with Gasteiger partial charge in [-0.1, -0.05) is 44.1 Å². The molecule has 0 aliphatic carbocycles. The van der Waals surface area contributed by atoms with Crippen LogP contribution in [0.4, 0.5) is 0 Å². The summed E-state index contributed by atoms with van der Waals surface area (Å²) in [5.41, 5.74) is 0. The fraction of sp³-hybridized carbons (Fsp3) is 0.741. The number of likely N-dealkylation sites (tertiary alicyclic amines) is 1. The van der Waals surface area contributed by atoms with Crippen molar-refractivity contribution in [2.45, 2.75) is 80.7 Å². The third kappa shape index (κ3) is 5.19. The summed E-state index contributed by atoms with van der Waals surface area (Å²) in [6.45, 7) is 4.33. The van der Waals surface area contributed by atoms with Crippen LogP contribution in [-0.2, 0) is 19.1 Å². The molecule has 0 aromatic rings. The first-order valence-corrected chi connectivity index (χ1v) is 14.3. The second-order valence-electron chi connectivity index (χ2n) is 10.1. The molecule has 0 radical (unpaired) electrons. The number of nitrogens with zero attached hydrogens (tertiary/aromatic N) is 2. The summed E-state index contributed by atoms with van der Waals surface area (Å²) in [6.07, 6.45) is 16.3. The van der Waals surface area contributed by atoms with Gasteiger partial charge in [-0.15, -0.1) is 11.8 Å². The molecule has 5 atom stereocenters. The number of aliphatic hydroxyl groups excluding tert-OH is 1. The highest BCUT2D eigenvalue weighted by Crippen LogP contribution is 2.60. The quantitative estimate of drug-likeness (QED) is 0.295. The van der Waals surface area contributed by atoms with E-state index in [1.165, 1.54) is 0 Å². The van der Waals surface area contributed by atoms with Gasteiger partial charge in [0.1, 0.15) is 6.04 Å². The van der Waals surface area contributed by atoms with Gasteiger partial charge in [-0.2, -0.15) is 0 Å². The van der Waals surface area contributed by atoms with E-state index in [-0.39, 0.29) is 29.6 Å². The number of thioether (sulfide) groups is 1. The van der Waals surface area contributed by atoms with Gasteiger partial charge in [0, 0.05) is 31.5 Å². The Morgan fingerprint density at radius 1 is 1.06 bits per heavy atom. The molecule has 4 rings (SSSR count). The molecule has 35 heavy (non-hydrogen) atoms. The summed E-state index contributed by atoms with van der Waals surface area (Å²) in [6, 6.07) is -0.613. The van der Waals surface area contributed by atoms with Crippen molar-refractivity contribution in [1.29, 1.82) is 0 Å². The van der Waals surface area contributed by atoms with Crippen LogP contribution in [0.3, 0.4) is 0 Å². The van der Waals surface area contributed by atoms with Gasteiger partial charge in [0.25, 0.3) is 0 Å². The minimum absolute atomic E-state index is 0.00215. The Hall–Kier alpha value is -1.80. The molecule has 2 amide bonds. The number of fused-ring (bicyclic) bond motifs is 2. The van der Waals surface area contributed by atoms with E-state index < -0.39 is 22.6 Å². The first-order valence-electron chi connectivity index (χ1n) is 13.4. The maximum atomic E-state index is 14.0. The number of rotatable bonds is 9. The van der Waals surface area contributed by atoms with Crippen molar-refractivity contribution in [2.75, 3.05) is 32.8 Å². The SMILES string of the molecule is CCCCCN1CC=C[C@]23S[C@@H]4/C=C\CCCCOC(=O)[C@@H]4[C@H]2C(=O)N(CCCCCO)C3C1=O. The molecular weight excluding hydrogens is 464 g/mol. The van der Waals surface area contributed by atoms with Crippen LogP contribution in [-0.4, -0.2) is 81.6 Å². The molecular formula is C27H40N2O5S. The predicted molar refractivity (Wildman–Crippen MR) is 137 cm³/mol. The lowest BCUT2D eigenvalue weighted by atomic mass is 9.78. The summed E-state index contributed by atoms with van der Waals surface area (Å²) in [7, 11) is 0. The van der Waals surface area contributed by atoms with E-state index in [1.54, 1.807) is 16.7 Å². The number of amides is 2. The average molecular weight is 505 g/mol.